The van der Waals surface area contributed by atoms with Crippen molar-refractivity contribution in [3.8, 4) is 0 Å². The molecule has 0 amide bonds. The molecule has 21 heavy (non-hydrogen) atoms. The highest BCUT2D eigenvalue weighted by molar-refractivity contribution is 7.89. The maximum Gasteiger partial charge on any atom is 0.248 e. The smallest absolute Gasteiger partial charge is 0.248 e. The maximum atomic E-state index is 12.8. The van der Waals surface area contributed by atoms with Gasteiger partial charge in [-0.25, -0.2) is 8.42 Å². The van der Waals surface area contributed by atoms with Crippen molar-refractivity contribution in [2.75, 3.05) is 18.8 Å². The fraction of sp³-hybridized carbons (Fsp3) is 0.786. The molecule has 0 bridgehead atoms. The molecule has 2 heterocycles. The van der Waals surface area contributed by atoms with E-state index in [0.29, 0.717) is 19.6 Å². The molecule has 6 nitrogen and oxygen atoms in total. The molecule has 0 aliphatic carbocycles. The summed E-state index contributed by atoms with van der Waals surface area (Å²) in [6.45, 7) is 8.18. The molecule has 0 spiro atoms. The second kappa shape index (κ2) is 5.96. The summed E-state index contributed by atoms with van der Waals surface area (Å²) in [5, 5.41) is 4.10. The number of rotatable bonds is 4. The third-order valence-corrected chi connectivity index (χ3v) is 6.04. The van der Waals surface area contributed by atoms with Crippen LogP contribution in [-0.4, -0.2) is 35.6 Å². The van der Waals surface area contributed by atoms with Crippen LogP contribution < -0.4 is 5.73 Å². The molecule has 0 saturated carbocycles. The Morgan fingerprint density at radius 2 is 2.05 bits per heavy atom. The number of anilines is 1. The van der Waals surface area contributed by atoms with Crippen LogP contribution in [0.2, 0.25) is 0 Å². The van der Waals surface area contributed by atoms with E-state index < -0.39 is 10.0 Å². The first kappa shape index (κ1) is 16.3. The van der Waals surface area contributed by atoms with E-state index in [-0.39, 0.29) is 16.1 Å². The topological polar surface area (TPSA) is 81.2 Å². The summed E-state index contributed by atoms with van der Waals surface area (Å²) in [7, 11) is -3.54. The summed E-state index contributed by atoms with van der Waals surface area (Å²) >= 11 is 0. The van der Waals surface area contributed by atoms with Gasteiger partial charge in [0.25, 0.3) is 0 Å². The fourth-order valence-electron chi connectivity index (χ4n) is 2.74. The second-order valence-electron chi connectivity index (χ2n) is 6.56. The summed E-state index contributed by atoms with van der Waals surface area (Å²) in [6, 6.07) is 0. The Morgan fingerprint density at radius 3 is 2.71 bits per heavy atom. The molecule has 1 aromatic rings. The molecule has 0 aromatic carbocycles. The Bertz CT molecular complexity index is 592. The molecule has 1 fully saturated rings. The van der Waals surface area contributed by atoms with Crippen LogP contribution in [0.1, 0.15) is 46.5 Å². The number of aryl methyl sites for hydroxylation is 1. The third-order valence-electron chi connectivity index (χ3n) is 4.12. The van der Waals surface area contributed by atoms with Crippen LogP contribution in [0.4, 0.5) is 5.82 Å². The Labute approximate surface area is 127 Å². The van der Waals surface area contributed by atoms with Crippen LogP contribution in [0.5, 0.6) is 0 Å². The standard InChI is InChI=1S/C14H26N4O2S/c1-4-8-17-11-12(13(15)16-17)21(19,20)18-9-5-6-14(2,3)7-10-18/h11H,4-10H2,1-3H3,(H2,15,16). The van der Waals surface area contributed by atoms with Gasteiger partial charge in [0.15, 0.2) is 5.82 Å². The van der Waals surface area contributed by atoms with E-state index in [1.165, 1.54) is 0 Å². The summed E-state index contributed by atoms with van der Waals surface area (Å²) in [6.07, 6.45) is 5.25. The number of hydrogen-bond acceptors (Lipinski definition) is 4. The van der Waals surface area contributed by atoms with E-state index in [2.05, 4.69) is 18.9 Å². The zero-order valence-electron chi connectivity index (χ0n) is 13.2. The average molecular weight is 314 g/mol. The molecule has 0 atom stereocenters. The van der Waals surface area contributed by atoms with E-state index in [1.54, 1.807) is 15.2 Å². The third kappa shape index (κ3) is 3.58. The van der Waals surface area contributed by atoms with Gasteiger partial charge in [-0.15, -0.1) is 0 Å². The number of nitrogens with two attached hydrogens (primary N) is 1. The van der Waals surface area contributed by atoms with Crippen molar-refractivity contribution in [1.82, 2.24) is 14.1 Å². The minimum Gasteiger partial charge on any atom is -0.381 e. The average Bonchev–Trinajstić information content (AvgIpc) is 2.64. The van der Waals surface area contributed by atoms with Gasteiger partial charge in [-0.1, -0.05) is 20.8 Å². The lowest BCUT2D eigenvalue weighted by Crippen LogP contribution is -2.32. The van der Waals surface area contributed by atoms with Gasteiger partial charge in [0, 0.05) is 25.8 Å². The Morgan fingerprint density at radius 1 is 1.33 bits per heavy atom. The van der Waals surface area contributed by atoms with Gasteiger partial charge in [0.05, 0.1) is 0 Å². The first-order valence-electron chi connectivity index (χ1n) is 7.59. The van der Waals surface area contributed by atoms with Crippen LogP contribution >= 0.6 is 0 Å². The van der Waals surface area contributed by atoms with E-state index in [1.807, 2.05) is 6.92 Å². The highest BCUT2D eigenvalue weighted by Crippen LogP contribution is 2.32. The van der Waals surface area contributed by atoms with E-state index in [0.717, 1.165) is 25.7 Å². The summed E-state index contributed by atoms with van der Waals surface area (Å²) in [5.74, 6) is 0.104. The Balaban J connectivity index is 2.25. The monoisotopic (exact) mass is 314 g/mol. The van der Waals surface area contributed by atoms with Crippen LogP contribution in [0.15, 0.2) is 11.1 Å². The highest BCUT2D eigenvalue weighted by atomic mass is 32.2. The lowest BCUT2D eigenvalue weighted by Gasteiger charge is -2.22. The molecule has 7 heteroatoms. The van der Waals surface area contributed by atoms with E-state index >= 15 is 0 Å². The van der Waals surface area contributed by atoms with Gasteiger partial charge in [-0.05, 0) is 31.1 Å². The maximum absolute atomic E-state index is 12.8. The predicted molar refractivity (Wildman–Crippen MR) is 83.3 cm³/mol. The van der Waals surface area contributed by atoms with Crippen molar-refractivity contribution < 1.29 is 8.42 Å². The number of sulfonamides is 1. The van der Waals surface area contributed by atoms with Crippen LogP contribution in [0, 0.1) is 5.41 Å². The number of hydrogen-bond donors (Lipinski definition) is 1. The summed E-state index contributed by atoms with van der Waals surface area (Å²) in [5.41, 5.74) is 6.02. The first-order valence-corrected chi connectivity index (χ1v) is 9.03. The van der Waals surface area contributed by atoms with E-state index in [4.69, 9.17) is 5.73 Å². The van der Waals surface area contributed by atoms with Crippen molar-refractivity contribution in [3.05, 3.63) is 6.20 Å². The fourth-order valence-corrected chi connectivity index (χ4v) is 4.28. The number of nitrogens with zero attached hydrogens (tertiary/aromatic N) is 3. The zero-order chi connectivity index (χ0) is 15.7. The molecule has 120 valence electrons. The van der Waals surface area contributed by atoms with Crippen LogP contribution in [-0.2, 0) is 16.6 Å². The Hall–Kier alpha value is -1.08. The largest absolute Gasteiger partial charge is 0.381 e. The zero-order valence-corrected chi connectivity index (χ0v) is 14.0. The van der Waals surface area contributed by atoms with Crippen molar-refractivity contribution >= 4 is 15.8 Å². The molecule has 0 radical (unpaired) electrons. The van der Waals surface area contributed by atoms with Gasteiger partial charge in [-0.3, -0.25) is 4.68 Å². The molecule has 0 unspecified atom stereocenters. The normalized spacial score (nSPS) is 20.3. The molecule has 1 aliphatic heterocycles. The quantitative estimate of drug-likeness (QED) is 0.922. The van der Waals surface area contributed by atoms with Gasteiger partial charge in [0.2, 0.25) is 10.0 Å². The number of nitrogen functional groups attached to an aromatic ring is 1. The molecular weight excluding hydrogens is 288 g/mol. The van der Waals surface area contributed by atoms with Gasteiger partial charge in [-0.2, -0.15) is 9.40 Å². The Kier molecular flexibility index (Phi) is 4.63. The summed E-state index contributed by atoms with van der Waals surface area (Å²) in [4.78, 5) is 0.149. The molecule has 1 aromatic heterocycles. The first-order chi connectivity index (χ1) is 9.76. The minimum atomic E-state index is -3.54. The molecule has 1 aliphatic rings. The van der Waals surface area contributed by atoms with Crippen LogP contribution in [0.25, 0.3) is 0 Å². The molecule has 1 saturated heterocycles. The minimum absolute atomic E-state index is 0.104. The van der Waals surface area contributed by atoms with Gasteiger partial charge in [0.1, 0.15) is 4.90 Å². The molecular formula is C14H26N4O2S. The summed E-state index contributed by atoms with van der Waals surface area (Å²) < 4.78 is 28.7. The van der Waals surface area contributed by atoms with Crippen molar-refractivity contribution in [1.29, 1.82) is 0 Å². The van der Waals surface area contributed by atoms with Crippen molar-refractivity contribution in [2.45, 2.75) is 57.9 Å². The number of aromatic nitrogens is 2. The lowest BCUT2D eigenvalue weighted by atomic mass is 9.85. The van der Waals surface area contributed by atoms with E-state index in [9.17, 15) is 8.42 Å². The molecule has 2 N–H and O–H groups in total. The van der Waals surface area contributed by atoms with Crippen molar-refractivity contribution in [3.63, 3.8) is 0 Å². The van der Waals surface area contributed by atoms with Crippen LogP contribution in [0.3, 0.4) is 0 Å². The lowest BCUT2D eigenvalue weighted by molar-refractivity contribution is 0.315. The second-order valence-corrected chi connectivity index (χ2v) is 8.47. The van der Waals surface area contributed by atoms with Gasteiger partial charge >= 0.3 is 0 Å². The SMILES string of the molecule is CCCn1cc(S(=O)(=O)N2CCCC(C)(C)CC2)c(N)n1. The predicted octanol–water partition coefficient (Wildman–Crippen LogP) is 2.08. The highest BCUT2D eigenvalue weighted by Gasteiger charge is 2.32. The van der Waals surface area contributed by atoms with Crippen molar-refractivity contribution in [2.24, 2.45) is 5.41 Å². The van der Waals surface area contributed by atoms with Gasteiger partial charge < -0.3 is 5.73 Å². The molecule has 2 rings (SSSR count).